The maximum absolute atomic E-state index is 11.6. The molecule has 5 heteroatoms. The van der Waals surface area contributed by atoms with E-state index in [0.29, 0.717) is 0 Å². The lowest BCUT2D eigenvalue weighted by atomic mass is 10.2. The Morgan fingerprint density at radius 1 is 1.57 bits per heavy atom. The maximum atomic E-state index is 11.6. The molecule has 2 N–H and O–H groups in total. The molecule has 1 aliphatic heterocycles. The molecule has 14 heavy (non-hydrogen) atoms. The van der Waals surface area contributed by atoms with Crippen molar-refractivity contribution in [3.8, 4) is 0 Å². The first-order valence-electron chi connectivity index (χ1n) is 4.63. The zero-order valence-electron chi connectivity index (χ0n) is 9.09. The molecule has 1 unspecified atom stereocenters. The summed E-state index contributed by atoms with van der Waals surface area (Å²) >= 11 is 1.79. The van der Waals surface area contributed by atoms with Crippen LogP contribution in [0.2, 0.25) is 0 Å². The monoisotopic (exact) mass is 238 g/mol. The van der Waals surface area contributed by atoms with Crippen LogP contribution in [0.5, 0.6) is 0 Å². The third-order valence-electron chi connectivity index (χ3n) is 1.88. The lowest BCUT2D eigenvalue weighted by molar-refractivity contribution is -0.123. The molecule has 1 atom stereocenters. The van der Waals surface area contributed by atoms with Gasteiger partial charge in [0.1, 0.15) is 0 Å². The summed E-state index contributed by atoms with van der Waals surface area (Å²) in [7, 11) is 0. The highest BCUT2D eigenvalue weighted by Crippen LogP contribution is 2.28. The molecule has 1 aliphatic rings. The van der Waals surface area contributed by atoms with Crippen LogP contribution in [0.3, 0.4) is 0 Å². The maximum Gasteiger partial charge on any atom is 0.238 e. The van der Waals surface area contributed by atoms with Crippen molar-refractivity contribution in [2.75, 3.05) is 5.75 Å². The predicted molar refractivity (Wildman–Crippen MR) is 64.0 cm³/mol. The fourth-order valence-electron chi connectivity index (χ4n) is 1.32. The fourth-order valence-corrected chi connectivity index (χ4v) is 2.36. The number of hydrogen-bond donors (Lipinski definition) is 2. The summed E-state index contributed by atoms with van der Waals surface area (Å²) in [5, 5.41) is 6.19. The van der Waals surface area contributed by atoms with Crippen LogP contribution in [0.15, 0.2) is 0 Å². The van der Waals surface area contributed by atoms with Gasteiger partial charge in [0.15, 0.2) is 0 Å². The van der Waals surface area contributed by atoms with Gasteiger partial charge in [0.2, 0.25) is 5.91 Å². The molecule has 1 heterocycles. The SMILES string of the molecule is CC(C)NC(=O)C1CSC(C)(C)N1.Cl. The summed E-state index contributed by atoms with van der Waals surface area (Å²) in [6.45, 7) is 8.15. The number of carbonyl (C=O) groups is 1. The Morgan fingerprint density at radius 2 is 2.14 bits per heavy atom. The summed E-state index contributed by atoms with van der Waals surface area (Å²) in [6.07, 6.45) is 0. The Kier molecular flexibility index (Phi) is 5.26. The largest absolute Gasteiger partial charge is 0.353 e. The molecular weight excluding hydrogens is 220 g/mol. The first-order valence-corrected chi connectivity index (χ1v) is 5.61. The van der Waals surface area contributed by atoms with Crippen LogP contribution >= 0.6 is 24.2 Å². The number of nitrogens with one attached hydrogen (secondary N) is 2. The number of rotatable bonds is 2. The molecule has 1 amide bonds. The lowest BCUT2D eigenvalue weighted by Crippen LogP contribution is -2.48. The zero-order chi connectivity index (χ0) is 10.1. The second kappa shape index (κ2) is 5.24. The van der Waals surface area contributed by atoms with Crippen molar-refractivity contribution < 1.29 is 4.79 Å². The lowest BCUT2D eigenvalue weighted by Gasteiger charge is -2.19. The molecule has 0 aromatic rings. The normalized spacial score (nSPS) is 24.5. The van der Waals surface area contributed by atoms with Gasteiger partial charge in [-0.3, -0.25) is 10.1 Å². The van der Waals surface area contributed by atoms with Crippen molar-refractivity contribution in [3.05, 3.63) is 0 Å². The van der Waals surface area contributed by atoms with Gasteiger partial charge >= 0.3 is 0 Å². The Balaban J connectivity index is 0.00000169. The van der Waals surface area contributed by atoms with E-state index in [2.05, 4.69) is 24.5 Å². The first kappa shape index (κ1) is 14.1. The molecule has 0 radical (unpaired) electrons. The first-order chi connectivity index (χ1) is 5.91. The minimum Gasteiger partial charge on any atom is -0.353 e. The van der Waals surface area contributed by atoms with Gasteiger partial charge in [-0.05, 0) is 27.7 Å². The zero-order valence-corrected chi connectivity index (χ0v) is 10.7. The van der Waals surface area contributed by atoms with Crippen LogP contribution in [-0.2, 0) is 4.79 Å². The van der Waals surface area contributed by atoms with E-state index >= 15 is 0 Å². The van der Waals surface area contributed by atoms with Crippen molar-refractivity contribution in [1.29, 1.82) is 0 Å². The van der Waals surface area contributed by atoms with Gasteiger partial charge in [0.25, 0.3) is 0 Å². The van der Waals surface area contributed by atoms with Crippen molar-refractivity contribution >= 4 is 30.1 Å². The van der Waals surface area contributed by atoms with Gasteiger partial charge in [-0.25, -0.2) is 0 Å². The second-order valence-corrected chi connectivity index (χ2v) is 5.82. The van der Waals surface area contributed by atoms with Gasteiger partial charge in [-0.1, -0.05) is 0 Å². The van der Waals surface area contributed by atoms with E-state index in [1.54, 1.807) is 11.8 Å². The highest BCUT2D eigenvalue weighted by atomic mass is 35.5. The van der Waals surface area contributed by atoms with Crippen LogP contribution in [0, 0.1) is 0 Å². The van der Waals surface area contributed by atoms with Crippen molar-refractivity contribution in [2.45, 2.75) is 44.6 Å². The Morgan fingerprint density at radius 3 is 2.50 bits per heavy atom. The number of amides is 1. The summed E-state index contributed by atoms with van der Waals surface area (Å²) in [6, 6.07) is 0.199. The van der Waals surface area contributed by atoms with Crippen LogP contribution in [0.1, 0.15) is 27.7 Å². The molecule has 1 rings (SSSR count). The van der Waals surface area contributed by atoms with E-state index in [1.165, 1.54) is 0 Å². The number of carbonyl (C=O) groups excluding carboxylic acids is 1. The van der Waals surface area contributed by atoms with Gasteiger partial charge in [-0.2, -0.15) is 0 Å². The van der Waals surface area contributed by atoms with E-state index in [4.69, 9.17) is 0 Å². The minimum absolute atomic E-state index is 0. The van der Waals surface area contributed by atoms with Crippen LogP contribution in [-0.4, -0.2) is 28.6 Å². The molecule has 0 aromatic carbocycles. The number of thioether (sulfide) groups is 1. The Labute approximate surface area is 96.2 Å². The van der Waals surface area contributed by atoms with E-state index in [-0.39, 0.29) is 35.3 Å². The molecule has 0 aliphatic carbocycles. The van der Waals surface area contributed by atoms with Crippen LogP contribution in [0.25, 0.3) is 0 Å². The predicted octanol–water partition coefficient (Wildman–Crippen LogP) is 1.37. The van der Waals surface area contributed by atoms with Gasteiger partial charge in [0, 0.05) is 11.8 Å². The third kappa shape index (κ3) is 4.07. The molecule has 0 spiro atoms. The summed E-state index contributed by atoms with van der Waals surface area (Å²) in [5.74, 6) is 0.985. The minimum atomic E-state index is -0.0256. The second-order valence-electron chi connectivity index (χ2n) is 4.18. The average molecular weight is 239 g/mol. The smallest absolute Gasteiger partial charge is 0.238 e. The average Bonchev–Trinajstić information content (AvgIpc) is 2.28. The fraction of sp³-hybridized carbons (Fsp3) is 0.889. The van der Waals surface area contributed by atoms with E-state index < -0.39 is 0 Å². The van der Waals surface area contributed by atoms with Crippen molar-refractivity contribution in [2.24, 2.45) is 0 Å². The molecule has 0 saturated carbocycles. The topological polar surface area (TPSA) is 41.1 Å². The highest BCUT2D eigenvalue weighted by molar-refractivity contribution is 8.00. The molecule has 3 nitrogen and oxygen atoms in total. The molecule has 0 aromatic heterocycles. The molecule has 84 valence electrons. The molecule has 1 fully saturated rings. The Hall–Kier alpha value is 0.0700. The highest BCUT2D eigenvalue weighted by Gasteiger charge is 2.34. The number of hydrogen-bond acceptors (Lipinski definition) is 3. The van der Waals surface area contributed by atoms with Crippen molar-refractivity contribution in [3.63, 3.8) is 0 Å². The van der Waals surface area contributed by atoms with Crippen LogP contribution in [0.4, 0.5) is 0 Å². The standard InChI is InChI=1S/C9H18N2OS.ClH/c1-6(2)10-8(12)7-5-13-9(3,4)11-7;/h6-7,11H,5H2,1-4H3,(H,10,12);1H. The van der Waals surface area contributed by atoms with Gasteiger partial charge < -0.3 is 5.32 Å². The quantitative estimate of drug-likeness (QED) is 0.764. The molecule has 0 bridgehead atoms. The van der Waals surface area contributed by atoms with E-state index in [0.717, 1.165) is 5.75 Å². The summed E-state index contributed by atoms with van der Waals surface area (Å²) in [4.78, 5) is 11.6. The number of halogens is 1. The summed E-state index contributed by atoms with van der Waals surface area (Å²) < 4.78 is 0. The summed E-state index contributed by atoms with van der Waals surface area (Å²) in [5.41, 5.74) is 0. The molecule has 1 saturated heterocycles. The Bertz CT molecular complexity index is 209. The van der Waals surface area contributed by atoms with E-state index in [9.17, 15) is 4.79 Å². The van der Waals surface area contributed by atoms with E-state index in [1.807, 2.05) is 13.8 Å². The van der Waals surface area contributed by atoms with Gasteiger partial charge in [-0.15, -0.1) is 24.2 Å². The van der Waals surface area contributed by atoms with Gasteiger partial charge in [0.05, 0.1) is 10.9 Å². The van der Waals surface area contributed by atoms with Crippen LogP contribution < -0.4 is 10.6 Å². The third-order valence-corrected chi connectivity index (χ3v) is 3.22. The molecular formula is C9H19ClN2OS. The van der Waals surface area contributed by atoms with Crippen molar-refractivity contribution in [1.82, 2.24) is 10.6 Å².